The molecule has 3 rings (SSSR count). The number of pyridine rings is 1. The van der Waals surface area contributed by atoms with Gasteiger partial charge in [0.05, 0.1) is 0 Å². The Morgan fingerprint density at radius 3 is 2.55 bits per heavy atom. The quantitative estimate of drug-likeness (QED) is 0.754. The number of hydrogen-bond donors (Lipinski definition) is 1. The molecular weight excluding hydrogens is 285 g/mol. The fourth-order valence-electron chi connectivity index (χ4n) is 2.21. The lowest BCUT2D eigenvalue weighted by atomic mass is 10.0. The predicted octanol–water partition coefficient (Wildman–Crippen LogP) is 2.24. The molecule has 5 nitrogen and oxygen atoms in total. The van der Waals surface area contributed by atoms with Crippen molar-refractivity contribution in [3.63, 3.8) is 0 Å². The van der Waals surface area contributed by atoms with E-state index < -0.39 is 17.2 Å². The van der Waals surface area contributed by atoms with E-state index in [0.29, 0.717) is 11.5 Å². The molecule has 2 aromatic heterocycles. The van der Waals surface area contributed by atoms with Gasteiger partial charge in [-0.15, -0.1) is 0 Å². The second kappa shape index (κ2) is 5.40. The standard InChI is InChI=1S/C16H12FN3O2/c1-10-14(15(21)11-5-7-12(17)8-6-11)16(22)20(19-10)13-4-2-3-9-18-13/h2-9,19H,1H3. The average Bonchev–Trinajstić information content (AvgIpc) is 2.83. The van der Waals surface area contributed by atoms with Crippen LogP contribution in [0.5, 0.6) is 0 Å². The Labute approximate surface area is 125 Å². The first-order chi connectivity index (χ1) is 10.6. The molecule has 2 heterocycles. The zero-order valence-electron chi connectivity index (χ0n) is 11.7. The summed E-state index contributed by atoms with van der Waals surface area (Å²) in [5, 5.41) is 2.84. The molecule has 0 saturated carbocycles. The number of rotatable bonds is 3. The summed E-state index contributed by atoms with van der Waals surface area (Å²) in [6, 6.07) is 10.2. The number of halogens is 1. The third-order valence-electron chi connectivity index (χ3n) is 3.28. The molecule has 0 bridgehead atoms. The van der Waals surface area contributed by atoms with Gasteiger partial charge in [0.15, 0.2) is 11.6 Å². The molecule has 0 fully saturated rings. The molecule has 0 saturated heterocycles. The summed E-state index contributed by atoms with van der Waals surface area (Å²) in [5.74, 6) is -0.490. The van der Waals surface area contributed by atoms with Crippen molar-refractivity contribution in [1.82, 2.24) is 14.8 Å². The lowest BCUT2D eigenvalue weighted by Crippen LogP contribution is -2.21. The van der Waals surface area contributed by atoms with E-state index in [2.05, 4.69) is 10.1 Å². The van der Waals surface area contributed by atoms with Gasteiger partial charge in [-0.2, -0.15) is 0 Å². The number of hydrogen-bond acceptors (Lipinski definition) is 3. The minimum Gasteiger partial charge on any atom is -0.293 e. The van der Waals surface area contributed by atoms with Crippen molar-refractivity contribution in [3.05, 3.63) is 81.7 Å². The summed E-state index contributed by atoms with van der Waals surface area (Å²) in [6.45, 7) is 1.64. The summed E-state index contributed by atoms with van der Waals surface area (Å²) in [7, 11) is 0. The fraction of sp³-hybridized carbons (Fsp3) is 0.0625. The predicted molar refractivity (Wildman–Crippen MR) is 78.8 cm³/mol. The second-order valence-corrected chi connectivity index (χ2v) is 4.78. The van der Waals surface area contributed by atoms with Crippen LogP contribution >= 0.6 is 0 Å². The maximum Gasteiger partial charge on any atom is 0.284 e. The van der Waals surface area contributed by atoms with Crippen molar-refractivity contribution >= 4 is 5.78 Å². The summed E-state index contributed by atoms with van der Waals surface area (Å²) in [5.41, 5.74) is 0.238. The van der Waals surface area contributed by atoms with Crippen LogP contribution in [0.4, 0.5) is 4.39 Å². The lowest BCUT2D eigenvalue weighted by Gasteiger charge is -1.99. The molecule has 0 spiro atoms. The molecule has 0 unspecified atom stereocenters. The van der Waals surface area contributed by atoms with Crippen LogP contribution in [0, 0.1) is 12.7 Å². The molecule has 1 N–H and O–H groups in total. The van der Waals surface area contributed by atoms with E-state index in [0.717, 1.165) is 0 Å². The number of carbonyl (C=O) groups is 1. The van der Waals surface area contributed by atoms with E-state index in [1.54, 1.807) is 31.3 Å². The summed E-state index contributed by atoms with van der Waals surface area (Å²) in [6.07, 6.45) is 1.55. The third-order valence-corrected chi connectivity index (χ3v) is 3.28. The van der Waals surface area contributed by atoms with E-state index in [-0.39, 0.29) is 11.1 Å². The SMILES string of the molecule is Cc1[nH]n(-c2ccccn2)c(=O)c1C(=O)c1ccc(F)cc1. The van der Waals surface area contributed by atoms with Gasteiger partial charge in [0.25, 0.3) is 5.56 Å². The maximum absolute atomic E-state index is 12.9. The zero-order chi connectivity index (χ0) is 15.7. The van der Waals surface area contributed by atoms with Gasteiger partial charge < -0.3 is 0 Å². The average molecular weight is 297 g/mol. The first kappa shape index (κ1) is 13.9. The largest absolute Gasteiger partial charge is 0.293 e. The topological polar surface area (TPSA) is 67.8 Å². The normalized spacial score (nSPS) is 10.6. The zero-order valence-corrected chi connectivity index (χ0v) is 11.7. The highest BCUT2D eigenvalue weighted by Gasteiger charge is 2.21. The van der Waals surface area contributed by atoms with Gasteiger partial charge in [-0.1, -0.05) is 6.07 Å². The Balaban J connectivity index is 2.09. The van der Waals surface area contributed by atoms with Crippen LogP contribution in [0.3, 0.4) is 0 Å². The van der Waals surface area contributed by atoms with Crippen molar-refractivity contribution in [3.8, 4) is 5.82 Å². The van der Waals surface area contributed by atoms with Crippen LogP contribution in [0.15, 0.2) is 53.5 Å². The lowest BCUT2D eigenvalue weighted by molar-refractivity contribution is 0.103. The third kappa shape index (κ3) is 2.35. The molecule has 0 radical (unpaired) electrons. The summed E-state index contributed by atoms with van der Waals surface area (Å²) in [4.78, 5) is 29.0. The Bertz CT molecular complexity index is 880. The molecule has 0 aliphatic rings. The first-order valence-corrected chi connectivity index (χ1v) is 6.61. The highest BCUT2D eigenvalue weighted by Crippen LogP contribution is 2.12. The second-order valence-electron chi connectivity index (χ2n) is 4.78. The molecule has 110 valence electrons. The minimum atomic E-state index is -0.481. The van der Waals surface area contributed by atoms with Crippen molar-refractivity contribution in [2.24, 2.45) is 0 Å². The van der Waals surface area contributed by atoms with E-state index >= 15 is 0 Å². The van der Waals surface area contributed by atoms with Gasteiger partial charge >= 0.3 is 0 Å². The van der Waals surface area contributed by atoms with E-state index in [1.165, 1.54) is 28.9 Å². The van der Waals surface area contributed by atoms with E-state index in [9.17, 15) is 14.0 Å². The number of benzene rings is 1. The van der Waals surface area contributed by atoms with Crippen LogP contribution in [0.1, 0.15) is 21.6 Å². The van der Waals surface area contributed by atoms with Gasteiger partial charge in [0.2, 0.25) is 0 Å². The monoisotopic (exact) mass is 297 g/mol. The Morgan fingerprint density at radius 2 is 1.91 bits per heavy atom. The smallest absolute Gasteiger partial charge is 0.284 e. The van der Waals surface area contributed by atoms with Gasteiger partial charge in [-0.3, -0.25) is 14.7 Å². The van der Waals surface area contributed by atoms with Gasteiger partial charge in [0.1, 0.15) is 11.4 Å². The number of carbonyl (C=O) groups excluding carboxylic acids is 1. The molecule has 22 heavy (non-hydrogen) atoms. The van der Waals surface area contributed by atoms with Crippen molar-refractivity contribution in [2.45, 2.75) is 6.92 Å². The molecule has 0 aliphatic carbocycles. The van der Waals surface area contributed by atoms with Crippen LogP contribution in [0.25, 0.3) is 5.82 Å². The number of aromatic nitrogens is 3. The number of nitrogens with zero attached hydrogens (tertiary/aromatic N) is 2. The van der Waals surface area contributed by atoms with E-state index in [1.807, 2.05) is 0 Å². The Kier molecular flexibility index (Phi) is 3.42. The molecule has 0 amide bonds. The number of ketones is 1. The van der Waals surface area contributed by atoms with E-state index in [4.69, 9.17) is 0 Å². The van der Waals surface area contributed by atoms with Crippen molar-refractivity contribution in [1.29, 1.82) is 0 Å². The molecule has 1 aromatic carbocycles. The highest BCUT2D eigenvalue weighted by atomic mass is 19.1. The summed E-state index contributed by atoms with van der Waals surface area (Å²) >= 11 is 0. The van der Waals surface area contributed by atoms with Crippen molar-refractivity contribution < 1.29 is 9.18 Å². The first-order valence-electron chi connectivity index (χ1n) is 6.61. The molecular formula is C16H12FN3O2. The maximum atomic E-state index is 12.9. The van der Waals surface area contributed by atoms with Crippen LogP contribution < -0.4 is 5.56 Å². The van der Waals surface area contributed by atoms with Crippen LogP contribution in [0.2, 0.25) is 0 Å². The summed E-state index contributed by atoms with van der Waals surface area (Å²) < 4.78 is 14.2. The Hall–Kier alpha value is -3.02. The number of aromatic amines is 1. The molecule has 3 aromatic rings. The highest BCUT2D eigenvalue weighted by molar-refractivity contribution is 6.09. The van der Waals surface area contributed by atoms with Crippen LogP contribution in [-0.4, -0.2) is 20.5 Å². The van der Waals surface area contributed by atoms with Crippen molar-refractivity contribution in [2.75, 3.05) is 0 Å². The molecule has 0 atom stereocenters. The van der Waals surface area contributed by atoms with Gasteiger partial charge in [-0.05, 0) is 43.3 Å². The van der Waals surface area contributed by atoms with Gasteiger partial charge in [0, 0.05) is 17.5 Å². The number of H-pyrrole nitrogens is 1. The minimum absolute atomic E-state index is 0.0252. The fourth-order valence-corrected chi connectivity index (χ4v) is 2.21. The number of nitrogens with one attached hydrogen (secondary N) is 1. The Morgan fingerprint density at radius 1 is 1.18 bits per heavy atom. The molecule has 0 aliphatic heterocycles. The number of aryl methyl sites for hydroxylation is 1. The molecule has 6 heteroatoms. The van der Waals surface area contributed by atoms with Gasteiger partial charge in [-0.25, -0.2) is 14.1 Å². The van der Waals surface area contributed by atoms with Crippen LogP contribution in [-0.2, 0) is 0 Å².